The molecule has 178 valence electrons. The van der Waals surface area contributed by atoms with Crippen LogP contribution >= 0.6 is 0 Å². The third-order valence-corrected chi connectivity index (χ3v) is 7.12. The summed E-state index contributed by atoms with van der Waals surface area (Å²) in [4.78, 5) is 28.7. The molecule has 7 nitrogen and oxygen atoms in total. The highest BCUT2D eigenvalue weighted by molar-refractivity contribution is 6.05. The molecule has 1 amide bonds. The maximum absolute atomic E-state index is 12.9. The molecule has 2 N–H and O–H groups in total. The molecule has 1 fully saturated rings. The molecule has 0 unspecified atom stereocenters. The van der Waals surface area contributed by atoms with Crippen molar-refractivity contribution in [3.63, 3.8) is 0 Å². The van der Waals surface area contributed by atoms with E-state index in [-0.39, 0.29) is 17.3 Å². The Morgan fingerprint density at radius 1 is 1.18 bits per heavy atom. The minimum atomic E-state index is -0.764. The first-order chi connectivity index (χ1) is 16.3. The molecule has 34 heavy (non-hydrogen) atoms. The number of methoxy groups -OCH3 is 1. The lowest BCUT2D eigenvalue weighted by molar-refractivity contribution is -0.151. The number of nitriles is 1. The first-order valence-electron chi connectivity index (χ1n) is 11.7. The van der Waals surface area contributed by atoms with Gasteiger partial charge in [0.2, 0.25) is 0 Å². The van der Waals surface area contributed by atoms with E-state index < -0.39 is 5.41 Å². The van der Waals surface area contributed by atoms with Gasteiger partial charge in [-0.25, -0.2) is 0 Å². The van der Waals surface area contributed by atoms with Crippen molar-refractivity contribution >= 4 is 23.1 Å². The number of allylic oxidation sites excluding steroid dienone is 2. The van der Waals surface area contributed by atoms with Gasteiger partial charge in [-0.1, -0.05) is 26.0 Å². The zero-order valence-electron chi connectivity index (χ0n) is 20.0. The fourth-order valence-electron chi connectivity index (χ4n) is 4.84. The van der Waals surface area contributed by atoms with E-state index in [1.807, 2.05) is 24.3 Å². The lowest BCUT2D eigenvalue weighted by atomic mass is 9.72. The second-order valence-electron chi connectivity index (χ2n) is 9.91. The number of anilines is 1. The Balaban J connectivity index is 1.75. The SMILES string of the molecule is COC(=O)C1(c2ccc(NC(=O)c3cc(C#N)c[nH]3)c(C3=CCC(C)(C)CC3)c2)CCOCC1. The number of carbonyl (C=O) groups is 2. The van der Waals surface area contributed by atoms with Crippen LogP contribution in [0.3, 0.4) is 0 Å². The number of carbonyl (C=O) groups excluding carboxylic acids is 2. The summed E-state index contributed by atoms with van der Waals surface area (Å²) in [5, 5.41) is 12.1. The Bertz CT molecular complexity index is 1160. The molecule has 1 aromatic carbocycles. The third-order valence-electron chi connectivity index (χ3n) is 7.12. The molecule has 4 rings (SSSR count). The Hall–Kier alpha value is -3.37. The summed E-state index contributed by atoms with van der Waals surface area (Å²) in [6.45, 7) is 5.50. The van der Waals surface area contributed by atoms with Crippen LogP contribution in [0, 0.1) is 16.7 Å². The number of aromatic amines is 1. The molecule has 1 aliphatic carbocycles. The van der Waals surface area contributed by atoms with Crippen LogP contribution in [0.25, 0.3) is 5.57 Å². The van der Waals surface area contributed by atoms with E-state index in [9.17, 15) is 9.59 Å². The van der Waals surface area contributed by atoms with Crippen LogP contribution in [0.15, 0.2) is 36.5 Å². The molecule has 1 saturated heterocycles. The van der Waals surface area contributed by atoms with Crippen LogP contribution in [0.1, 0.15) is 73.1 Å². The fraction of sp³-hybridized carbons (Fsp3) is 0.444. The molecule has 2 aromatic rings. The molecule has 1 aromatic heterocycles. The van der Waals surface area contributed by atoms with Gasteiger partial charge >= 0.3 is 5.97 Å². The average molecular weight is 462 g/mol. The minimum Gasteiger partial charge on any atom is -0.468 e. The predicted octanol–water partition coefficient (Wildman–Crippen LogP) is 4.95. The highest BCUT2D eigenvalue weighted by Gasteiger charge is 2.43. The lowest BCUT2D eigenvalue weighted by Crippen LogP contribution is -2.42. The third kappa shape index (κ3) is 4.64. The van der Waals surface area contributed by atoms with Gasteiger partial charge in [0.15, 0.2) is 0 Å². The zero-order chi connectivity index (χ0) is 24.3. The number of ether oxygens (including phenoxy) is 2. The summed E-state index contributed by atoms with van der Waals surface area (Å²) >= 11 is 0. The Labute approximate surface area is 200 Å². The number of nitrogens with one attached hydrogen (secondary N) is 2. The molecule has 1 aliphatic heterocycles. The van der Waals surface area contributed by atoms with Crippen molar-refractivity contribution in [2.24, 2.45) is 5.41 Å². The smallest absolute Gasteiger partial charge is 0.316 e. The van der Waals surface area contributed by atoms with Crippen LogP contribution in [0.5, 0.6) is 0 Å². The first kappa shape index (κ1) is 23.8. The maximum Gasteiger partial charge on any atom is 0.316 e. The molecule has 0 radical (unpaired) electrons. The summed E-state index contributed by atoms with van der Waals surface area (Å²) in [6, 6.07) is 9.37. The molecule has 0 saturated carbocycles. The van der Waals surface area contributed by atoms with Crippen molar-refractivity contribution in [1.29, 1.82) is 5.26 Å². The molecular weight excluding hydrogens is 430 g/mol. The summed E-state index contributed by atoms with van der Waals surface area (Å²) in [5.41, 5.74) is 3.83. The van der Waals surface area contributed by atoms with Gasteiger partial charge in [0.25, 0.3) is 5.91 Å². The average Bonchev–Trinajstić information content (AvgIpc) is 3.34. The largest absolute Gasteiger partial charge is 0.468 e. The van der Waals surface area contributed by atoms with Crippen molar-refractivity contribution in [1.82, 2.24) is 4.98 Å². The standard InChI is InChI=1S/C27H31N3O4/c1-26(2)8-6-19(7-9-26)21-15-20(27(25(32)33-3)10-12-34-13-11-27)4-5-22(21)30-24(31)23-14-18(16-28)17-29-23/h4-6,14-15,17,29H,7-13H2,1-3H3,(H,30,31). The second-order valence-corrected chi connectivity index (χ2v) is 9.91. The number of hydrogen-bond acceptors (Lipinski definition) is 5. The van der Waals surface area contributed by atoms with Crippen LogP contribution in [-0.4, -0.2) is 37.2 Å². The van der Waals surface area contributed by atoms with E-state index in [2.05, 4.69) is 30.2 Å². The van der Waals surface area contributed by atoms with Gasteiger partial charge in [-0.15, -0.1) is 0 Å². The molecule has 0 atom stereocenters. The van der Waals surface area contributed by atoms with E-state index in [4.69, 9.17) is 14.7 Å². The Morgan fingerprint density at radius 2 is 1.94 bits per heavy atom. The molecule has 0 spiro atoms. The fourth-order valence-corrected chi connectivity index (χ4v) is 4.84. The molecule has 2 heterocycles. The summed E-state index contributed by atoms with van der Waals surface area (Å²) in [5.74, 6) is -0.575. The Kier molecular flexibility index (Phi) is 6.63. The lowest BCUT2D eigenvalue weighted by Gasteiger charge is -2.36. The van der Waals surface area contributed by atoms with Crippen molar-refractivity contribution < 1.29 is 19.1 Å². The summed E-state index contributed by atoms with van der Waals surface area (Å²) in [6.07, 6.45) is 7.72. The number of hydrogen-bond donors (Lipinski definition) is 2. The van der Waals surface area contributed by atoms with Gasteiger partial charge in [-0.05, 0) is 66.9 Å². The number of H-pyrrole nitrogens is 1. The van der Waals surface area contributed by atoms with Gasteiger partial charge in [0, 0.05) is 30.7 Å². The number of nitrogens with zero attached hydrogens (tertiary/aromatic N) is 1. The number of esters is 1. The van der Waals surface area contributed by atoms with Crippen molar-refractivity contribution in [2.75, 3.05) is 25.6 Å². The Morgan fingerprint density at radius 3 is 2.56 bits per heavy atom. The number of aromatic nitrogens is 1. The number of rotatable bonds is 5. The van der Waals surface area contributed by atoms with Crippen LogP contribution in [0.2, 0.25) is 0 Å². The van der Waals surface area contributed by atoms with E-state index in [0.717, 1.165) is 36.0 Å². The predicted molar refractivity (Wildman–Crippen MR) is 129 cm³/mol. The topological polar surface area (TPSA) is 104 Å². The molecule has 7 heteroatoms. The summed E-state index contributed by atoms with van der Waals surface area (Å²) in [7, 11) is 1.42. The van der Waals surface area contributed by atoms with Crippen molar-refractivity contribution in [2.45, 2.75) is 51.4 Å². The van der Waals surface area contributed by atoms with Gasteiger partial charge in [-0.2, -0.15) is 5.26 Å². The van der Waals surface area contributed by atoms with E-state index in [1.165, 1.54) is 19.4 Å². The first-order valence-corrected chi connectivity index (χ1v) is 11.7. The van der Waals surface area contributed by atoms with Crippen molar-refractivity contribution in [3.05, 3.63) is 58.9 Å². The quantitative estimate of drug-likeness (QED) is 0.613. The van der Waals surface area contributed by atoms with Crippen LogP contribution < -0.4 is 5.32 Å². The van der Waals surface area contributed by atoms with Crippen LogP contribution in [0.4, 0.5) is 5.69 Å². The van der Waals surface area contributed by atoms with E-state index >= 15 is 0 Å². The van der Waals surface area contributed by atoms with E-state index in [0.29, 0.717) is 43.0 Å². The molecule has 2 aliphatic rings. The second kappa shape index (κ2) is 9.47. The highest BCUT2D eigenvalue weighted by Crippen LogP contribution is 2.43. The monoisotopic (exact) mass is 461 g/mol. The maximum atomic E-state index is 12.9. The van der Waals surface area contributed by atoms with Crippen LogP contribution in [-0.2, 0) is 19.7 Å². The molecule has 0 bridgehead atoms. The van der Waals surface area contributed by atoms with Crippen molar-refractivity contribution in [3.8, 4) is 6.07 Å². The normalized spacial score (nSPS) is 18.9. The highest BCUT2D eigenvalue weighted by atomic mass is 16.5. The molecular formula is C27H31N3O4. The zero-order valence-corrected chi connectivity index (χ0v) is 20.0. The van der Waals surface area contributed by atoms with E-state index in [1.54, 1.807) is 0 Å². The number of benzene rings is 1. The van der Waals surface area contributed by atoms with Gasteiger partial charge in [0.05, 0.1) is 18.1 Å². The summed E-state index contributed by atoms with van der Waals surface area (Å²) < 4.78 is 10.8. The number of amides is 1. The van der Waals surface area contributed by atoms with Gasteiger partial charge in [-0.3, -0.25) is 9.59 Å². The van der Waals surface area contributed by atoms with Gasteiger partial charge < -0.3 is 19.8 Å². The van der Waals surface area contributed by atoms with Gasteiger partial charge in [0.1, 0.15) is 11.8 Å². The minimum absolute atomic E-state index is 0.233.